The van der Waals surface area contributed by atoms with Gasteiger partial charge in [-0.25, -0.2) is 0 Å². The quantitative estimate of drug-likeness (QED) is 0.782. The molecule has 0 bridgehead atoms. The lowest BCUT2D eigenvalue weighted by molar-refractivity contribution is -0.0545. The second-order valence-corrected chi connectivity index (χ2v) is 5.02. The Kier molecular flexibility index (Phi) is 3.01. The van der Waals surface area contributed by atoms with E-state index in [1.54, 1.807) is 6.07 Å². The highest BCUT2D eigenvalue weighted by atomic mass is 32.2. The molecule has 0 spiro atoms. The summed E-state index contributed by atoms with van der Waals surface area (Å²) in [5, 5.41) is 0.361. The fourth-order valence-corrected chi connectivity index (χ4v) is 1.81. The summed E-state index contributed by atoms with van der Waals surface area (Å²) in [6.07, 6.45) is 0. The summed E-state index contributed by atoms with van der Waals surface area (Å²) >= 11 is 0. The second kappa shape index (κ2) is 4.26. The molecule has 1 heterocycles. The van der Waals surface area contributed by atoms with Crippen LogP contribution in [0.1, 0.15) is 0 Å². The van der Waals surface area contributed by atoms with Gasteiger partial charge in [0.15, 0.2) is 0 Å². The molecule has 0 saturated carbocycles. The van der Waals surface area contributed by atoms with Crippen LogP contribution < -0.4 is 9.84 Å². The van der Waals surface area contributed by atoms with E-state index in [1.165, 1.54) is 24.3 Å². The number of alkyl halides is 3. The SMILES string of the molecule is O=c1ccc2ccccc2n1OS(=O)(=O)C(F)(F)F. The number of pyridine rings is 1. The second-order valence-electron chi connectivity index (χ2n) is 3.50. The molecule has 5 nitrogen and oxygen atoms in total. The zero-order chi connectivity index (χ0) is 14.3. The fraction of sp³-hybridized carbons (Fsp3) is 0.100. The zero-order valence-corrected chi connectivity index (χ0v) is 9.90. The first-order valence-electron chi connectivity index (χ1n) is 4.84. The van der Waals surface area contributed by atoms with Gasteiger partial charge in [0.25, 0.3) is 5.56 Å². The van der Waals surface area contributed by atoms with E-state index in [9.17, 15) is 26.4 Å². The molecular formula is C10H6F3NO4S. The smallest absolute Gasteiger partial charge is 0.277 e. The molecule has 0 radical (unpaired) electrons. The Hall–Kier alpha value is -2.03. The molecule has 9 heteroatoms. The number of aromatic nitrogens is 1. The maximum absolute atomic E-state index is 12.2. The summed E-state index contributed by atoms with van der Waals surface area (Å²) < 4.78 is 62.4. The van der Waals surface area contributed by atoms with E-state index in [4.69, 9.17) is 0 Å². The van der Waals surface area contributed by atoms with E-state index in [0.29, 0.717) is 5.39 Å². The Labute approximate surface area is 104 Å². The van der Waals surface area contributed by atoms with Crippen LogP contribution in [0, 0.1) is 0 Å². The number of para-hydroxylation sites is 1. The monoisotopic (exact) mass is 293 g/mol. The molecule has 2 rings (SSSR count). The van der Waals surface area contributed by atoms with Gasteiger partial charge < -0.3 is 0 Å². The van der Waals surface area contributed by atoms with E-state index in [2.05, 4.69) is 4.28 Å². The molecular weight excluding hydrogens is 287 g/mol. The van der Waals surface area contributed by atoms with Crippen LogP contribution in [0.5, 0.6) is 0 Å². The van der Waals surface area contributed by atoms with Crippen LogP contribution in [0.2, 0.25) is 0 Å². The third-order valence-electron chi connectivity index (χ3n) is 2.22. The molecule has 0 unspecified atom stereocenters. The minimum Gasteiger partial charge on any atom is -0.277 e. The molecule has 0 N–H and O–H groups in total. The van der Waals surface area contributed by atoms with Crippen molar-refractivity contribution in [2.75, 3.05) is 0 Å². The standard InChI is InChI=1S/C10H6F3NO4S/c11-10(12,13)19(16,17)18-14-8-4-2-1-3-7(8)5-6-9(14)15/h1-6H. The molecule has 0 fully saturated rings. The van der Waals surface area contributed by atoms with Crippen molar-refractivity contribution in [1.29, 1.82) is 0 Å². The topological polar surface area (TPSA) is 65.4 Å². The van der Waals surface area contributed by atoms with Crippen LogP contribution in [0.4, 0.5) is 13.2 Å². The molecule has 2 aromatic rings. The lowest BCUT2D eigenvalue weighted by Gasteiger charge is -2.12. The highest BCUT2D eigenvalue weighted by Crippen LogP contribution is 2.23. The zero-order valence-electron chi connectivity index (χ0n) is 9.09. The van der Waals surface area contributed by atoms with Crippen molar-refractivity contribution in [2.45, 2.75) is 5.51 Å². The predicted molar refractivity (Wildman–Crippen MR) is 59.8 cm³/mol. The maximum Gasteiger partial charge on any atom is 0.536 e. The number of hydrogen-bond donors (Lipinski definition) is 0. The summed E-state index contributed by atoms with van der Waals surface area (Å²) in [6.45, 7) is 0. The Morgan fingerprint density at radius 2 is 1.68 bits per heavy atom. The Morgan fingerprint density at radius 3 is 2.32 bits per heavy atom. The van der Waals surface area contributed by atoms with Gasteiger partial charge in [0.1, 0.15) is 0 Å². The molecule has 0 amide bonds. The number of fused-ring (bicyclic) bond motifs is 1. The molecule has 1 aromatic heterocycles. The normalized spacial score (nSPS) is 12.6. The van der Waals surface area contributed by atoms with Gasteiger partial charge in [0.05, 0.1) is 5.52 Å². The van der Waals surface area contributed by atoms with Crippen LogP contribution >= 0.6 is 0 Å². The predicted octanol–water partition coefficient (Wildman–Crippen LogP) is 1.28. The van der Waals surface area contributed by atoms with E-state index in [1.807, 2.05) is 0 Å². The van der Waals surface area contributed by atoms with Crippen LogP contribution in [-0.4, -0.2) is 18.7 Å². The van der Waals surface area contributed by atoms with Crippen LogP contribution in [0.25, 0.3) is 10.9 Å². The minimum absolute atomic E-state index is 0.0807. The van der Waals surface area contributed by atoms with Crippen LogP contribution in [0.15, 0.2) is 41.2 Å². The maximum atomic E-state index is 12.2. The summed E-state index contributed by atoms with van der Waals surface area (Å²) in [6, 6.07) is 8.03. The van der Waals surface area contributed by atoms with Crippen molar-refractivity contribution in [3.05, 3.63) is 46.8 Å². The highest BCUT2D eigenvalue weighted by Gasteiger charge is 2.49. The van der Waals surface area contributed by atoms with Gasteiger partial charge in [-0.3, -0.25) is 9.08 Å². The number of benzene rings is 1. The van der Waals surface area contributed by atoms with Crippen LogP contribution in [0.3, 0.4) is 0 Å². The first-order valence-corrected chi connectivity index (χ1v) is 6.25. The average Bonchev–Trinajstić information content (AvgIpc) is 2.31. The molecule has 0 aliphatic carbocycles. The van der Waals surface area contributed by atoms with Crippen molar-refractivity contribution in [2.24, 2.45) is 0 Å². The van der Waals surface area contributed by atoms with E-state index in [-0.39, 0.29) is 10.2 Å². The van der Waals surface area contributed by atoms with Crippen molar-refractivity contribution < 1.29 is 25.9 Å². The van der Waals surface area contributed by atoms with E-state index < -0.39 is 21.2 Å². The van der Waals surface area contributed by atoms with Gasteiger partial charge in [0.2, 0.25) is 0 Å². The van der Waals surface area contributed by atoms with Crippen molar-refractivity contribution in [3.8, 4) is 0 Å². The molecule has 0 saturated heterocycles. The first-order chi connectivity index (χ1) is 8.72. The largest absolute Gasteiger partial charge is 0.536 e. The molecule has 19 heavy (non-hydrogen) atoms. The summed E-state index contributed by atoms with van der Waals surface area (Å²) in [7, 11) is -5.90. The molecule has 1 aromatic carbocycles. The van der Waals surface area contributed by atoms with Gasteiger partial charge in [-0.2, -0.15) is 21.6 Å². The summed E-state index contributed by atoms with van der Waals surface area (Å²) in [5.41, 5.74) is -6.71. The molecule has 102 valence electrons. The van der Waals surface area contributed by atoms with Gasteiger partial charge in [0, 0.05) is 11.5 Å². The van der Waals surface area contributed by atoms with Crippen molar-refractivity contribution in [1.82, 2.24) is 4.73 Å². The number of nitrogens with zero attached hydrogens (tertiary/aromatic N) is 1. The Bertz CT molecular complexity index is 779. The van der Waals surface area contributed by atoms with Gasteiger partial charge in [-0.1, -0.05) is 18.2 Å². The molecule has 0 atom stereocenters. The number of rotatable bonds is 2. The average molecular weight is 293 g/mol. The fourth-order valence-electron chi connectivity index (χ4n) is 1.38. The minimum atomic E-state index is -5.90. The lowest BCUT2D eigenvalue weighted by atomic mass is 10.2. The van der Waals surface area contributed by atoms with Crippen molar-refractivity contribution in [3.63, 3.8) is 0 Å². The lowest BCUT2D eigenvalue weighted by Crippen LogP contribution is -2.37. The highest BCUT2D eigenvalue weighted by molar-refractivity contribution is 7.87. The number of hydrogen-bond acceptors (Lipinski definition) is 4. The van der Waals surface area contributed by atoms with E-state index in [0.717, 1.165) is 6.07 Å². The van der Waals surface area contributed by atoms with Gasteiger partial charge >= 0.3 is 15.6 Å². The first kappa shape index (κ1) is 13.4. The molecule has 0 aliphatic heterocycles. The van der Waals surface area contributed by atoms with Crippen molar-refractivity contribution >= 4 is 21.0 Å². The van der Waals surface area contributed by atoms with Gasteiger partial charge in [-0.15, -0.1) is 4.73 Å². The third kappa shape index (κ3) is 2.41. The summed E-state index contributed by atoms with van der Waals surface area (Å²) in [5.74, 6) is 0. The Balaban J connectivity index is 2.65. The van der Waals surface area contributed by atoms with Gasteiger partial charge in [-0.05, 0) is 12.1 Å². The third-order valence-corrected chi connectivity index (χ3v) is 3.13. The summed E-state index contributed by atoms with van der Waals surface area (Å²) in [4.78, 5) is 11.4. The van der Waals surface area contributed by atoms with E-state index >= 15 is 0 Å². The van der Waals surface area contributed by atoms with Crippen LogP contribution in [-0.2, 0) is 10.1 Å². The Morgan fingerprint density at radius 1 is 1.05 bits per heavy atom. The molecule has 0 aliphatic rings. The number of halogens is 3.